The molecule has 2 bridgehead atoms. The van der Waals surface area contributed by atoms with Crippen molar-refractivity contribution in [3.8, 4) is 0 Å². The lowest BCUT2D eigenvalue weighted by Gasteiger charge is -2.46. The van der Waals surface area contributed by atoms with Gasteiger partial charge in [-0.15, -0.1) is 0 Å². The summed E-state index contributed by atoms with van der Waals surface area (Å²) in [5.74, 6) is 3.17. The van der Waals surface area contributed by atoms with Crippen LogP contribution in [0.3, 0.4) is 0 Å². The van der Waals surface area contributed by atoms with Gasteiger partial charge in [0.2, 0.25) is 0 Å². The summed E-state index contributed by atoms with van der Waals surface area (Å²) in [4.78, 5) is 2.73. The molecule has 0 amide bonds. The van der Waals surface area contributed by atoms with E-state index in [9.17, 15) is 0 Å². The highest BCUT2D eigenvalue weighted by molar-refractivity contribution is 4.87. The third-order valence-electron chi connectivity index (χ3n) is 5.86. The first-order valence-electron chi connectivity index (χ1n) is 9.55. The van der Waals surface area contributed by atoms with Crippen molar-refractivity contribution in [1.29, 1.82) is 0 Å². The fourth-order valence-corrected chi connectivity index (χ4v) is 4.52. The summed E-state index contributed by atoms with van der Waals surface area (Å²) < 4.78 is 0. The highest BCUT2D eigenvalue weighted by atomic mass is 15.1. The molecule has 0 spiro atoms. The second-order valence-corrected chi connectivity index (χ2v) is 7.49. The molecule has 118 valence electrons. The molecular weight excluding hydrogens is 242 g/mol. The van der Waals surface area contributed by atoms with Crippen molar-refractivity contribution in [2.45, 2.75) is 84.5 Å². The topological polar surface area (TPSA) is 3.24 Å². The molecule has 2 atom stereocenters. The minimum Gasteiger partial charge on any atom is -0.303 e. The summed E-state index contributed by atoms with van der Waals surface area (Å²) in [5.41, 5.74) is 0. The largest absolute Gasteiger partial charge is 0.303 e. The van der Waals surface area contributed by atoms with Crippen LogP contribution in [0.2, 0.25) is 0 Å². The van der Waals surface area contributed by atoms with Gasteiger partial charge in [0, 0.05) is 6.54 Å². The number of fused-ring (bicyclic) bond motifs is 3. The third kappa shape index (κ3) is 5.06. The zero-order chi connectivity index (χ0) is 14.2. The molecule has 2 unspecified atom stereocenters. The van der Waals surface area contributed by atoms with Crippen LogP contribution >= 0.6 is 0 Å². The Morgan fingerprint density at radius 3 is 2.20 bits per heavy atom. The van der Waals surface area contributed by atoms with Gasteiger partial charge in [0.25, 0.3) is 0 Å². The molecule has 1 heteroatoms. The molecule has 3 aliphatic rings. The maximum absolute atomic E-state index is 2.73. The molecule has 3 rings (SSSR count). The normalized spacial score (nSPS) is 30.6. The molecule has 20 heavy (non-hydrogen) atoms. The highest BCUT2D eigenvalue weighted by Crippen LogP contribution is 2.37. The maximum atomic E-state index is 2.73. The van der Waals surface area contributed by atoms with Crippen molar-refractivity contribution in [1.82, 2.24) is 4.90 Å². The van der Waals surface area contributed by atoms with Crippen LogP contribution in [-0.2, 0) is 0 Å². The van der Waals surface area contributed by atoms with E-state index in [1.165, 1.54) is 83.8 Å². The molecule has 0 radical (unpaired) electrons. The van der Waals surface area contributed by atoms with Crippen molar-refractivity contribution in [3.63, 3.8) is 0 Å². The number of unbranched alkanes of at least 4 members (excludes halogenated alkanes) is 4. The fourth-order valence-electron chi connectivity index (χ4n) is 4.52. The van der Waals surface area contributed by atoms with E-state index in [0.717, 1.165) is 17.8 Å². The molecule has 0 N–H and O–H groups in total. The van der Waals surface area contributed by atoms with Crippen LogP contribution < -0.4 is 0 Å². The molecule has 3 fully saturated rings. The molecule has 3 aliphatic heterocycles. The van der Waals surface area contributed by atoms with Gasteiger partial charge in [-0.3, -0.25) is 0 Å². The molecule has 0 aromatic carbocycles. The quantitative estimate of drug-likeness (QED) is 0.478. The molecule has 0 aliphatic carbocycles. The monoisotopic (exact) mass is 279 g/mol. The minimum atomic E-state index is 1.04. The Kier molecular flexibility index (Phi) is 7.41. The third-order valence-corrected chi connectivity index (χ3v) is 5.86. The van der Waals surface area contributed by atoms with E-state index in [1.807, 2.05) is 0 Å². The lowest BCUT2D eigenvalue weighted by Crippen LogP contribution is -2.47. The minimum absolute atomic E-state index is 1.04. The smallest absolute Gasteiger partial charge is 0.00124 e. The standard InChI is InChI=1S/C19H37N/c1-3-5-7-8-10-17(9-6-4-2)15-19-16-20-13-11-18(19)12-14-20/h17-19H,3-16H2,1-2H3. The van der Waals surface area contributed by atoms with E-state index in [1.54, 1.807) is 6.42 Å². The van der Waals surface area contributed by atoms with Gasteiger partial charge in [-0.2, -0.15) is 0 Å². The predicted molar refractivity (Wildman–Crippen MR) is 89.0 cm³/mol. The summed E-state index contributed by atoms with van der Waals surface area (Å²) >= 11 is 0. The number of rotatable bonds is 10. The van der Waals surface area contributed by atoms with Crippen LogP contribution in [0, 0.1) is 17.8 Å². The Bertz CT molecular complexity index is 242. The Hall–Kier alpha value is -0.0400. The summed E-state index contributed by atoms with van der Waals surface area (Å²) in [7, 11) is 0. The zero-order valence-electron chi connectivity index (χ0n) is 14.1. The lowest BCUT2D eigenvalue weighted by atomic mass is 9.73. The summed E-state index contributed by atoms with van der Waals surface area (Å²) in [6, 6.07) is 0. The first-order valence-corrected chi connectivity index (χ1v) is 9.55. The summed E-state index contributed by atoms with van der Waals surface area (Å²) in [6.45, 7) is 8.90. The van der Waals surface area contributed by atoms with Gasteiger partial charge in [0.15, 0.2) is 0 Å². The molecule has 1 nitrogen and oxygen atoms in total. The summed E-state index contributed by atoms with van der Waals surface area (Å²) in [5, 5.41) is 0. The van der Waals surface area contributed by atoms with Gasteiger partial charge in [0.1, 0.15) is 0 Å². The van der Waals surface area contributed by atoms with Crippen LogP contribution in [0.5, 0.6) is 0 Å². The van der Waals surface area contributed by atoms with Gasteiger partial charge in [0.05, 0.1) is 0 Å². The maximum Gasteiger partial charge on any atom is 0.00124 e. The number of hydrogen-bond acceptors (Lipinski definition) is 1. The van der Waals surface area contributed by atoms with Crippen molar-refractivity contribution in [3.05, 3.63) is 0 Å². The molecule has 0 saturated carbocycles. The van der Waals surface area contributed by atoms with Crippen LogP contribution in [0.1, 0.15) is 84.5 Å². The molecule has 3 saturated heterocycles. The Morgan fingerprint density at radius 1 is 0.900 bits per heavy atom. The average Bonchev–Trinajstić information content (AvgIpc) is 2.50. The molecule has 3 heterocycles. The second kappa shape index (κ2) is 9.07. The van der Waals surface area contributed by atoms with Crippen LogP contribution in [0.25, 0.3) is 0 Å². The van der Waals surface area contributed by atoms with Gasteiger partial charge in [-0.05, 0) is 50.1 Å². The van der Waals surface area contributed by atoms with Gasteiger partial charge < -0.3 is 4.90 Å². The average molecular weight is 280 g/mol. The van der Waals surface area contributed by atoms with Crippen molar-refractivity contribution < 1.29 is 0 Å². The molecule has 0 aromatic rings. The molecular formula is C19H37N. The lowest BCUT2D eigenvalue weighted by molar-refractivity contribution is 0.0362. The number of nitrogens with zero attached hydrogens (tertiary/aromatic N) is 1. The first-order chi connectivity index (χ1) is 9.83. The van der Waals surface area contributed by atoms with Gasteiger partial charge in [-0.1, -0.05) is 65.2 Å². The van der Waals surface area contributed by atoms with Crippen molar-refractivity contribution in [2.75, 3.05) is 19.6 Å². The zero-order valence-corrected chi connectivity index (χ0v) is 14.1. The number of hydrogen-bond donors (Lipinski definition) is 0. The van der Waals surface area contributed by atoms with Crippen LogP contribution in [-0.4, -0.2) is 24.5 Å². The van der Waals surface area contributed by atoms with Crippen molar-refractivity contribution >= 4 is 0 Å². The Morgan fingerprint density at radius 2 is 1.60 bits per heavy atom. The van der Waals surface area contributed by atoms with E-state index in [4.69, 9.17) is 0 Å². The van der Waals surface area contributed by atoms with E-state index >= 15 is 0 Å². The SMILES string of the molecule is CCCCCCC(CCCC)CC1CN2CCC1CC2. The van der Waals surface area contributed by atoms with Crippen molar-refractivity contribution in [2.24, 2.45) is 17.8 Å². The van der Waals surface area contributed by atoms with E-state index in [-0.39, 0.29) is 0 Å². The van der Waals surface area contributed by atoms with E-state index in [0.29, 0.717) is 0 Å². The Labute approximate surface area is 127 Å². The summed E-state index contributed by atoms with van der Waals surface area (Å²) in [6.07, 6.45) is 16.2. The van der Waals surface area contributed by atoms with Gasteiger partial charge in [-0.25, -0.2) is 0 Å². The van der Waals surface area contributed by atoms with E-state index in [2.05, 4.69) is 18.7 Å². The first kappa shape index (κ1) is 16.3. The van der Waals surface area contributed by atoms with E-state index < -0.39 is 0 Å². The second-order valence-electron chi connectivity index (χ2n) is 7.49. The highest BCUT2D eigenvalue weighted by Gasteiger charge is 2.34. The Balaban J connectivity index is 1.74. The fraction of sp³-hybridized carbons (Fsp3) is 1.00. The van der Waals surface area contributed by atoms with Gasteiger partial charge >= 0.3 is 0 Å². The predicted octanol–water partition coefficient (Wildman–Crippen LogP) is 5.50. The van der Waals surface area contributed by atoms with Crippen LogP contribution in [0.15, 0.2) is 0 Å². The number of piperidine rings is 3. The molecule has 0 aromatic heterocycles. The van der Waals surface area contributed by atoms with Crippen LogP contribution in [0.4, 0.5) is 0 Å².